The number of carbonyl (C=O) groups excluding carboxylic acids is 2. The molecule has 8 heteroatoms. The Labute approximate surface area is 203 Å². The number of fused-ring (bicyclic) bond motifs is 3. The lowest BCUT2D eigenvalue weighted by Gasteiger charge is -2.25. The van der Waals surface area contributed by atoms with Crippen molar-refractivity contribution in [3.63, 3.8) is 0 Å². The van der Waals surface area contributed by atoms with Crippen LogP contribution in [0, 0.1) is 6.92 Å². The third kappa shape index (κ3) is 4.44. The molecule has 0 saturated carbocycles. The molecule has 1 aliphatic rings. The number of esters is 1. The fraction of sp³-hybridized carbons (Fsp3) is 0.385. The minimum Gasteiger partial charge on any atom is -0.487 e. The lowest BCUT2D eigenvalue weighted by molar-refractivity contribution is 0.0578. The van der Waals surface area contributed by atoms with Gasteiger partial charge in [0, 0.05) is 35.5 Å². The van der Waals surface area contributed by atoms with Crippen LogP contribution in [0.3, 0.4) is 0 Å². The van der Waals surface area contributed by atoms with Crippen LogP contribution >= 0.6 is 11.6 Å². The molecule has 1 aliphatic heterocycles. The molecule has 2 aromatic carbocycles. The van der Waals surface area contributed by atoms with Crippen molar-refractivity contribution in [2.75, 3.05) is 24.4 Å². The molecule has 4 rings (SSSR count). The van der Waals surface area contributed by atoms with E-state index in [0.29, 0.717) is 46.7 Å². The fourth-order valence-corrected chi connectivity index (χ4v) is 4.60. The van der Waals surface area contributed by atoms with Crippen LogP contribution in [0.5, 0.6) is 5.75 Å². The first-order valence-electron chi connectivity index (χ1n) is 11.1. The Morgan fingerprint density at radius 2 is 1.91 bits per heavy atom. The van der Waals surface area contributed by atoms with E-state index in [1.807, 2.05) is 64.1 Å². The number of methoxy groups -OCH3 is 1. The molecule has 1 aromatic heterocycles. The summed E-state index contributed by atoms with van der Waals surface area (Å²) in [6.07, 6.45) is -0.471. The van der Waals surface area contributed by atoms with E-state index in [-0.39, 0.29) is 11.8 Å². The highest BCUT2D eigenvalue weighted by atomic mass is 35.5. The summed E-state index contributed by atoms with van der Waals surface area (Å²) in [6.45, 7) is 7.95. The summed E-state index contributed by atoms with van der Waals surface area (Å²) in [6, 6.07) is 11.6. The molecular weight excluding hydrogens is 456 g/mol. The van der Waals surface area contributed by atoms with Crippen molar-refractivity contribution in [1.82, 2.24) is 4.98 Å². The van der Waals surface area contributed by atoms with Gasteiger partial charge in [0.05, 0.1) is 23.9 Å². The highest BCUT2D eigenvalue weighted by Crippen LogP contribution is 2.47. The van der Waals surface area contributed by atoms with Gasteiger partial charge in [-0.15, -0.1) is 11.6 Å². The van der Waals surface area contributed by atoms with Crippen LogP contribution in [-0.2, 0) is 16.1 Å². The van der Waals surface area contributed by atoms with E-state index in [9.17, 15) is 9.59 Å². The molecule has 1 unspecified atom stereocenters. The van der Waals surface area contributed by atoms with Crippen LogP contribution in [0.2, 0.25) is 0 Å². The number of nitrogens with zero attached hydrogens (tertiary/aromatic N) is 1. The molecule has 1 amide bonds. The van der Waals surface area contributed by atoms with E-state index in [1.165, 1.54) is 7.11 Å². The minimum absolute atomic E-state index is 0.187. The second kappa shape index (κ2) is 9.22. The van der Waals surface area contributed by atoms with Gasteiger partial charge in [-0.3, -0.25) is 4.90 Å². The summed E-state index contributed by atoms with van der Waals surface area (Å²) < 4.78 is 17.0. The smallest absolute Gasteiger partial charge is 0.414 e. The van der Waals surface area contributed by atoms with Gasteiger partial charge in [-0.2, -0.15) is 0 Å². The van der Waals surface area contributed by atoms with Crippen LogP contribution in [-0.4, -0.2) is 42.2 Å². The summed E-state index contributed by atoms with van der Waals surface area (Å²) in [5.41, 5.74) is 3.52. The van der Waals surface area contributed by atoms with E-state index in [2.05, 4.69) is 4.98 Å². The number of aryl methyl sites for hydroxylation is 1. The average molecular weight is 485 g/mol. The Bertz CT molecular complexity index is 1230. The van der Waals surface area contributed by atoms with Crippen LogP contribution < -0.4 is 9.64 Å². The summed E-state index contributed by atoms with van der Waals surface area (Å²) >= 11 is 6.36. The van der Waals surface area contributed by atoms with Gasteiger partial charge in [-0.05, 0) is 38.8 Å². The lowest BCUT2D eigenvalue weighted by atomic mass is 9.95. The summed E-state index contributed by atoms with van der Waals surface area (Å²) in [7, 11) is 1.35. The molecule has 0 radical (unpaired) electrons. The zero-order valence-corrected chi connectivity index (χ0v) is 20.8. The topological polar surface area (TPSA) is 80.9 Å². The number of alkyl halides is 1. The van der Waals surface area contributed by atoms with E-state index >= 15 is 0 Å². The van der Waals surface area contributed by atoms with E-state index in [1.54, 1.807) is 4.90 Å². The van der Waals surface area contributed by atoms with Gasteiger partial charge in [-0.1, -0.05) is 30.3 Å². The molecule has 7 nitrogen and oxygen atoms in total. The molecule has 180 valence electrons. The summed E-state index contributed by atoms with van der Waals surface area (Å²) in [4.78, 5) is 30.8. The Kier molecular flexibility index (Phi) is 6.49. The molecule has 0 bridgehead atoms. The first-order valence-corrected chi connectivity index (χ1v) is 11.7. The molecule has 3 aromatic rings. The molecule has 1 N–H and O–H groups in total. The zero-order chi connectivity index (χ0) is 24.6. The molecule has 0 fully saturated rings. The second-order valence-electron chi connectivity index (χ2n) is 9.39. The quantitative estimate of drug-likeness (QED) is 0.359. The van der Waals surface area contributed by atoms with Gasteiger partial charge in [0.2, 0.25) is 0 Å². The molecule has 1 atom stereocenters. The van der Waals surface area contributed by atoms with Gasteiger partial charge >= 0.3 is 12.1 Å². The average Bonchev–Trinajstić information content (AvgIpc) is 3.33. The molecule has 0 aliphatic carbocycles. The number of rotatable bonds is 5. The number of amides is 1. The van der Waals surface area contributed by atoms with Gasteiger partial charge < -0.3 is 19.2 Å². The lowest BCUT2D eigenvalue weighted by Crippen LogP contribution is -2.36. The normalized spacial score (nSPS) is 15.4. The highest BCUT2D eigenvalue weighted by molar-refractivity contribution is 6.19. The van der Waals surface area contributed by atoms with Gasteiger partial charge in [0.15, 0.2) is 0 Å². The van der Waals surface area contributed by atoms with Crippen molar-refractivity contribution in [2.45, 2.75) is 45.8 Å². The van der Waals surface area contributed by atoms with Crippen molar-refractivity contribution in [1.29, 1.82) is 0 Å². The first-order chi connectivity index (χ1) is 16.1. The maximum absolute atomic E-state index is 13.1. The highest BCUT2D eigenvalue weighted by Gasteiger charge is 2.39. The Morgan fingerprint density at radius 1 is 1.21 bits per heavy atom. The number of H-pyrrole nitrogens is 1. The van der Waals surface area contributed by atoms with Gasteiger partial charge in [0.25, 0.3) is 0 Å². The summed E-state index contributed by atoms with van der Waals surface area (Å²) in [5, 5.41) is 0.668. The van der Waals surface area contributed by atoms with Crippen molar-refractivity contribution < 1.29 is 23.8 Å². The van der Waals surface area contributed by atoms with Gasteiger partial charge in [-0.25, -0.2) is 9.59 Å². The standard InChI is InChI=1S/C26H29ClN2O5/c1-15-20(24(30)32-5)22-21-17(12-27)13-29(25(31)34-26(2,3)4)18(21)11-19(23(22)28-15)33-14-16-9-7-6-8-10-16/h6-11,17,28H,12-14H2,1-5H3. The van der Waals surface area contributed by atoms with E-state index < -0.39 is 17.7 Å². The third-order valence-corrected chi connectivity index (χ3v) is 6.15. The monoisotopic (exact) mass is 484 g/mol. The Hall–Kier alpha value is -3.19. The third-order valence-electron chi connectivity index (χ3n) is 5.78. The second-order valence-corrected chi connectivity index (χ2v) is 9.70. The number of nitrogens with one attached hydrogen (secondary N) is 1. The van der Waals surface area contributed by atoms with Crippen molar-refractivity contribution in [2.24, 2.45) is 0 Å². The number of aromatic nitrogens is 1. The predicted molar refractivity (Wildman–Crippen MR) is 132 cm³/mol. The number of hydrogen-bond acceptors (Lipinski definition) is 5. The predicted octanol–water partition coefficient (Wildman–Crippen LogP) is 5.92. The van der Waals surface area contributed by atoms with Crippen molar-refractivity contribution >= 4 is 40.3 Å². The minimum atomic E-state index is -0.658. The van der Waals surface area contributed by atoms with Crippen LogP contribution in [0.15, 0.2) is 36.4 Å². The van der Waals surface area contributed by atoms with Gasteiger partial charge in [0.1, 0.15) is 18.0 Å². The fourth-order valence-electron chi connectivity index (χ4n) is 4.35. The largest absolute Gasteiger partial charge is 0.487 e. The number of ether oxygens (including phenoxy) is 3. The van der Waals surface area contributed by atoms with Crippen LogP contribution in [0.1, 0.15) is 53.9 Å². The molecule has 34 heavy (non-hydrogen) atoms. The first kappa shape index (κ1) is 24.0. The van der Waals surface area contributed by atoms with Crippen molar-refractivity contribution in [3.05, 3.63) is 58.8 Å². The maximum atomic E-state index is 13.1. The zero-order valence-electron chi connectivity index (χ0n) is 20.0. The number of aromatic amines is 1. The van der Waals surface area contributed by atoms with Crippen LogP contribution in [0.25, 0.3) is 10.9 Å². The molecular formula is C26H29ClN2O5. The number of anilines is 1. The molecule has 0 saturated heterocycles. The van der Waals surface area contributed by atoms with E-state index in [4.69, 9.17) is 25.8 Å². The van der Waals surface area contributed by atoms with Crippen LogP contribution in [0.4, 0.5) is 10.5 Å². The Balaban J connectivity index is 1.90. The number of carbonyl (C=O) groups is 2. The number of halogens is 1. The Morgan fingerprint density at radius 3 is 2.53 bits per heavy atom. The number of benzene rings is 2. The maximum Gasteiger partial charge on any atom is 0.414 e. The number of hydrogen-bond donors (Lipinski definition) is 1. The van der Waals surface area contributed by atoms with E-state index in [0.717, 1.165) is 11.1 Å². The summed E-state index contributed by atoms with van der Waals surface area (Å²) in [5.74, 6) is 0.152. The molecule has 0 spiro atoms. The SMILES string of the molecule is COC(=O)c1c(C)[nH]c2c(OCc3ccccc3)cc3c(c12)C(CCl)CN3C(=O)OC(C)(C)C. The molecule has 2 heterocycles. The van der Waals surface area contributed by atoms with Crippen molar-refractivity contribution in [3.8, 4) is 5.75 Å².